The van der Waals surface area contributed by atoms with E-state index in [1.54, 1.807) is 25.1 Å². The second-order valence-corrected chi connectivity index (χ2v) is 6.75. The predicted octanol–water partition coefficient (Wildman–Crippen LogP) is 1.82. The van der Waals surface area contributed by atoms with Crippen LogP contribution in [-0.4, -0.2) is 42.9 Å². The van der Waals surface area contributed by atoms with Crippen molar-refractivity contribution in [3.8, 4) is 11.5 Å². The molecule has 0 spiro atoms. The molecule has 3 N–H and O–H groups in total. The summed E-state index contributed by atoms with van der Waals surface area (Å²) in [5, 5.41) is 15.2. The number of amides is 2. The number of rotatable bonds is 8. The monoisotopic (exact) mass is 384 g/mol. The molecule has 0 fully saturated rings. The van der Waals surface area contributed by atoms with Gasteiger partial charge in [0.05, 0.1) is 12.6 Å². The number of carbonyl (C=O) groups excluding carboxylic acids is 2. The quantitative estimate of drug-likeness (QED) is 0.645. The normalized spacial score (nSPS) is 14.2. The van der Waals surface area contributed by atoms with Crippen LogP contribution in [0.5, 0.6) is 11.5 Å². The van der Waals surface area contributed by atoms with Crippen molar-refractivity contribution in [3.05, 3.63) is 59.7 Å². The number of hydrogen-bond donors (Lipinski definition) is 3. The summed E-state index contributed by atoms with van der Waals surface area (Å²) < 4.78 is 10.5. The molecule has 2 aromatic carbocycles. The molecule has 2 aromatic rings. The Morgan fingerprint density at radius 3 is 2.57 bits per heavy atom. The molecule has 148 valence electrons. The summed E-state index contributed by atoms with van der Waals surface area (Å²) in [4.78, 5) is 24.4. The van der Waals surface area contributed by atoms with Gasteiger partial charge in [-0.3, -0.25) is 9.59 Å². The molecule has 7 nitrogen and oxygen atoms in total. The number of nitrogens with one attached hydrogen (secondary N) is 2. The molecule has 2 atom stereocenters. The maximum absolute atomic E-state index is 12.2. The number of carbonyl (C=O) groups is 2. The van der Waals surface area contributed by atoms with Crippen molar-refractivity contribution in [2.45, 2.75) is 25.4 Å². The molecular weight excluding hydrogens is 360 g/mol. The van der Waals surface area contributed by atoms with Crippen LogP contribution in [0.2, 0.25) is 0 Å². The van der Waals surface area contributed by atoms with Crippen LogP contribution in [0.1, 0.15) is 35.2 Å². The lowest BCUT2D eigenvalue weighted by atomic mass is 9.93. The van der Waals surface area contributed by atoms with Crippen LogP contribution < -0.4 is 20.1 Å². The van der Waals surface area contributed by atoms with Crippen molar-refractivity contribution >= 4 is 11.8 Å². The minimum Gasteiger partial charge on any atom is -0.454 e. The Bertz CT molecular complexity index is 823. The Balaban J connectivity index is 1.49. The van der Waals surface area contributed by atoms with Crippen LogP contribution in [0, 0.1) is 0 Å². The molecule has 1 heterocycles. The van der Waals surface area contributed by atoms with Crippen molar-refractivity contribution in [1.82, 2.24) is 10.6 Å². The van der Waals surface area contributed by atoms with Crippen molar-refractivity contribution in [3.63, 3.8) is 0 Å². The minimum atomic E-state index is -0.479. The topological polar surface area (TPSA) is 96.9 Å². The first kappa shape index (κ1) is 19.7. The fraction of sp³-hybridized carbons (Fsp3) is 0.333. The fourth-order valence-electron chi connectivity index (χ4n) is 3.07. The number of ether oxygens (including phenoxy) is 2. The standard InChI is InChI=1S/C21H24N2O5/c1-14(24)9-17(15-5-3-2-4-6-15)11-22-20(25)12-23-21(26)16-7-8-18-19(10-16)28-13-27-18/h2-8,10,14,17,24H,9,11-13H2,1H3,(H,22,25)(H,23,26)/t14-,17-/m1/s1. The number of aliphatic hydroxyl groups excluding tert-OH is 1. The van der Waals surface area contributed by atoms with Gasteiger partial charge in [-0.15, -0.1) is 0 Å². The average Bonchev–Trinajstić information content (AvgIpc) is 3.17. The van der Waals surface area contributed by atoms with E-state index in [0.29, 0.717) is 30.0 Å². The molecule has 0 saturated heterocycles. The molecule has 3 rings (SSSR count). The largest absolute Gasteiger partial charge is 0.454 e. The van der Waals surface area contributed by atoms with E-state index in [-0.39, 0.29) is 31.1 Å². The van der Waals surface area contributed by atoms with E-state index in [1.807, 2.05) is 30.3 Å². The molecular formula is C21H24N2O5. The summed E-state index contributed by atoms with van der Waals surface area (Å²) in [7, 11) is 0. The van der Waals surface area contributed by atoms with E-state index in [2.05, 4.69) is 10.6 Å². The van der Waals surface area contributed by atoms with Crippen LogP contribution in [0.4, 0.5) is 0 Å². The van der Waals surface area contributed by atoms with Gasteiger partial charge in [0.15, 0.2) is 11.5 Å². The van der Waals surface area contributed by atoms with Gasteiger partial charge in [-0.05, 0) is 37.1 Å². The molecule has 0 saturated carbocycles. The smallest absolute Gasteiger partial charge is 0.251 e. The molecule has 7 heteroatoms. The lowest BCUT2D eigenvalue weighted by Gasteiger charge is -2.19. The maximum atomic E-state index is 12.2. The van der Waals surface area contributed by atoms with Gasteiger partial charge in [0.2, 0.25) is 12.7 Å². The Morgan fingerprint density at radius 2 is 1.82 bits per heavy atom. The highest BCUT2D eigenvalue weighted by Crippen LogP contribution is 2.32. The Hall–Kier alpha value is -3.06. The molecule has 0 aromatic heterocycles. The molecule has 28 heavy (non-hydrogen) atoms. The zero-order chi connectivity index (χ0) is 19.9. The Morgan fingerprint density at radius 1 is 1.07 bits per heavy atom. The predicted molar refractivity (Wildman–Crippen MR) is 103 cm³/mol. The highest BCUT2D eigenvalue weighted by atomic mass is 16.7. The number of aliphatic hydroxyl groups is 1. The van der Waals surface area contributed by atoms with Gasteiger partial charge >= 0.3 is 0 Å². The highest BCUT2D eigenvalue weighted by molar-refractivity contribution is 5.97. The minimum absolute atomic E-state index is 0.00490. The lowest BCUT2D eigenvalue weighted by Crippen LogP contribution is -2.38. The molecule has 0 aliphatic carbocycles. The van der Waals surface area contributed by atoms with E-state index in [0.717, 1.165) is 5.56 Å². The summed E-state index contributed by atoms with van der Waals surface area (Å²) >= 11 is 0. The van der Waals surface area contributed by atoms with Crippen LogP contribution >= 0.6 is 0 Å². The third-order valence-corrected chi connectivity index (χ3v) is 4.49. The zero-order valence-electron chi connectivity index (χ0n) is 15.7. The zero-order valence-corrected chi connectivity index (χ0v) is 15.7. The summed E-state index contributed by atoms with van der Waals surface area (Å²) in [6.45, 7) is 2.11. The lowest BCUT2D eigenvalue weighted by molar-refractivity contribution is -0.120. The summed E-state index contributed by atoms with van der Waals surface area (Å²) in [6, 6.07) is 14.6. The summed E-state index contributed by atoms with van der Waals surface area (Å²) in [5.41, 5.74) is 1.45. The van der Waals surface area contributed by atoms with Gasteiger partial charge in [-0.1, -0.05) is 30.3 Å². The van der Waals surface area contributed by atoms with Gasteiger partial charge in [0.25, 0.3) is 5.91 Å². The van der Waals surface area contributed by atoms with Crippen molar-refractivity contribution < 1.29 is 24.2 Å². The van der Waals surface area contributed by atoms with Gasteiger partial charge in [0.1, 0.15) is 0 Å². The van der Waals surface area contributed by atoms with Crippen LogP contribution in [0.15, 0.2) is 48.5 Å². The van der Waals surface area contributed by atoms with Crippen molar-refractivity contribution in [2.24, 2.45) is 0 Å². The first-order valence-electron chi connectivity index (χ1n) is 9.20. The van der Waals surface area contributed by atoms with E-state index in [4.69, 9.17) is 9.47 Å². The van der Waals surface area contributed by atoms with Gasteiger partial charge < -0.3 is 25.2 Å². The summed E-state index contributed by atoms with van der Waals surface area (Å²) in [5.74, 6) is 0.452. The second-order valence-electron chi connectivity index (χ2n) is 6.75. The average molecular weight is 384 g/mol. The molecule has 0 unspecified atom stereocenters. The third-order valence-electron chi connectivity index (χ3n) is 4.49. The van der Waals surface area contributed by atoms with Gasteiger partial charge in [-0.25, -0.2) is 0 Å². The van der Waals surface area contributed by atoms with E-state index < -0.39 is 6.10 Å². The van der Waals surface area contributed by atoms with E-state index in [1.165, 1.54) is 0 Å². The first-order chi connectivity index (χ1) is 13.5. The number of fused-ring (bicyclic) bond motifs is 1. The number of benzene rings is 2. The Labute approximate surface area is 163 Å². The second kappa shape index (κ2) is 9.23. The molecule has 0 radical (unpaired) electrons. The van der Waals surface area contributed by atoms with Gasteiger partial charge in [-0.2, -0.15) is 0 Å². The molecule has 1 aliphatic rings. The first-order valence-corrected chi connectivity index (χ1v) is 9.20. The van der Waals surface area contributed by atoms with Crippen molar-refractivity contribution in [1.29, 1.82) is 0 Å². The van der Waals surface area contributed by atoms with E-state index >= 15 is 0 Å². The fourth-order valence-corrected chi connectivity index (χ4v) is 3.07. The van der Waals surface area contributed by atoms with Crippen LogP contribution in [-0.2, 0) is 4.79 Å². The van der Waals surface area contributed by atoms with Crippen LogP contribution in [0.3, 0.4) is 0 Å². The third kappa shape index (κ3) is 5.23. The Kier molecular flexibility index (Phi) is 6.49. The number of hydrogen-bond acceptors (Lipinski definition) is 5. The van der Waals surface area contributed by atoms with Crippen LogP contribution in [0.25, 0.3) is 0 Å². The molecule has 2 amide bonds. The highest BCUT2D eigenvalue weighted by Gasteiger charge is 2.18. The van der Waals surface area contributed by atoms with Gasteiger partial charge in [0, 0.05) is 18.0 Å². The molecule has 1 aliphatic heterocycles. The summed E-state index contributed by atoms with van der Waals surface area (Å²) in [6.07, 6.45) is 0.0567. The van der Waals surface area contributed by atoms with E-state index in [9.17, 15) is 14.7 Å². The maximum Gasteiger partial charge on any atom is 0.251 e. The molecule has 0 bridgehead atoms. The SMILES string of the molecule is C[C@@H](O)C[C@H](CNC(=O)CNC(=O)c1ccc2c(c1)OCO2)c1ccccc1. The van der Waals surface area contributed by atoms with Crippen molar-refractivity contribution in [2.75, 3.05) is 19.9 Å².